The third-order valence-corrected chi connectivity index (χ3v) is 6.20. The third kappa shape index (κ3) is 5.06. The van der Waals surface area contributed by atoms with E-state index in [1.54, 1.807) is 36.2 Å². The van der Waals surface area contributed by atoms with Gasteiger partial charge in [0.1, 0.15) is 13.2 Å². The van der Waals surface area contributed by atoms with E-state index in [1.807, 2.05) is 18.2 Å². The van der Waals surface area contributed by atoms with Gasteiger partial charge in [0.2, 0.25) is 9.84 Å². The Hall–Kier alpha value is -3.85. The van der Waals surface area contributed by atoms with Gasteiger partial charge in [-0.05, 0) is 30.3 Å². The lowest BCUT2D eigenvalue weighted by atomic mass is 10.3. The summed E-state index contributed by atoms with van der Waals surface area (Å²) in [5.41, 5.74) is 0.797. The van der Waals surface area contributed by atoms with Crippen LogP contribution < -0.4 is 9.64 Å². The molecule has 0 atom stereocenters. The van der Waals surface area contributed by atoms with Gasteiger partial charge in [-0.1, -0.05) is 36.9 Å². The summed E-state index contributed by atoms with van der Waals surface area (Å²) in [5.74, 6) is -0.827. The molecular weight excluding hydrogens is 434 g/mol. The second-order valence-electron chi connectivity index (χ2n) is 6.49. The van der Waals surface area contributed by atoms with E-state index in [9.17, 15) is 18.0 Å². The minimum atomic E-state index is -4.19. The molecule has 9 heteroatoms. The number of para-hydroxylation sites is 2. The van der Waals surface area contributed by atoms with E-state index in [2.05, 4.69) is 6.58 Å². The first-order valence-electron chi connectivity index (χ1n) is 9.53. The standard InChI is InChI=1S/C23H21NO7S/c1-3-22(25)29-15-16-30-23(26)20(32(27,28)17-9-5-4-6-10-17)13-14-21-24(2)18-11-7-8-12-19(18)31-21/h3-14H,1,15-16H2,2H3/b20-13-,21-14-. The summed E-state index contributed by atoms with van der Waals surface area (Å²) in [6, 6.07) is 14.8. The number of hydrogen-bond donors (Lipinski definition) is 0. The van der Waals surface area contributed by atoms with Gasteiger partial charge in [0.25, 0.3) is 0 Å². The molecule has 0 amide bonds. The van der Waals surface area contributed by atoms with Crippen molar-refractivity contribution in [3.05, 3.63) is 90.2 Å². The summed E-state index contributed by atoms with van der Waals surface area (Å²) in [6.45, 7) is 2.70. The maximum atomic E-state index is 13.1. The topological polar surface area (TPSA) is 99.2 Å². The molecule has 8 nitrogen and oxygen atoms in total. The maximum Gasteiger partial charge on any atom is 0.350 e. The number of allylic oxidation sites excluding steroid dienone is 2. The fourth-order valence-electron chi connectivity index (χ4n) is 2.81. The summed E-state index contributed by atoms with van der Waals surface area (Å²) < 4.78 is 41.7. The molecule has 2 aromatic rings. The molecule has 0 N–H and O–H groups in total. The van der Waals surface area contributed by atoms with Crippen LogP contribution in [0.3, 0.4) is 0 Å². The Bertz CT molecular complexity index is 1180. The van der Waals surface area contributed by atoms with Crippen molar-refractivity contribution in [2.45, 2.75) is 4.90 Å². The third-order valence-electron chi connectivity index (χ3n) is 4.42. The van der Waals surface area contributed by atoms with Gasteiger partial charge < -0.3 is 19.1 Å². The first kappa shape index (κ1) is 22.8. The zero-order valence-electron chi connectivity index (χ0n) is 17.3. The average molecular weight is 455 g/mol. The Labute approximate surface area is 185 Å². The lowest BCUT2D eigenvalue weighted by Crippen LogP contribution is -2.20. The fraction of sp³-hybridized carbons (Fsp3) is 0.130. The molecular formula is C23H21NO7S. The van der Waals surface area contributed by atoms with E-state index in [0.717, 1.165) is 17.8 Å². The van der Waals surface area contributed by atoms with Crippen LogP contribution in [0.25, 0.3) is 0 Å². The molecule has 0 saturated carbocycles. The molecule has 1 heterocycles. The number of nitrogens with zero attached hydrogens (tertiary/aromatic N) is 1. The SMILES string of the molecule is C=CC(=O)OCCOC(=O)/C(=C/C=C1\Oc2ccccc2N1C)S(=O)(=O)c1ccccc1. The molecule has 0 spiro atoms. The summed E-state index contributed by atoms with van der Waals surface area (Å²) >= 11 is 0. The van der Waals surface area contributed by atoms with Crippen molar-refractivity contribution in [1.82, 2.24) is 0 Å². The molecule has 0 fully saturated rings. The zero-order chi connectivity index (χ0) is 23.1. The largest absolute Gasteiger partial charge is 0.459 e. The van der Waals surface area contributed by atoms with Crippen molar-refractivity contribution in [1.29, 1.82) is 0 Å². The van der Waals surface area contributed by atoms with E-state index >= 15 is 0 Å². The van der Waals surface area contributed by atoms with Crippen molar-refractivity contribution >= 4 is 27.5 Å². The van der Waals surface area contributed by atoms with Gasteiger partial charge in [0, 0.05) is 19.2 Å². The molecule has 166 valence electrons. The second kappa shape index (κ2) is 9.97. The normalized spacial score (nSPS) is 14.5. The number of sulfone groups is 1. The van der Waals surface area contributed by atoms with Crippen molar-refractivity contribution < 1.29 is 32.2 Å². The van der Waals surface area contributed by atoms with E-state index in [-0.39, 0.29) is 18.1 Å². The summed E-state index contributed by atoms with van der Waals surface area (Å²) in [7, 11) is -2.44. The first-order chi connectivity index (χ1) is 15.3. The molecule has 0 bridgehead atoms. The van der Waals surface area contributed by atoms with Crippen LogP contribution in [0.2, 0.25) is 0 Å². The van der Waals surface area contributed by atoms with Gasteiger partial charge >= 0.3 is 11.9 Å². The predicted octanol–water partition coefficient (Wildman–Crippen LogP) is 2.99. The van der Waals surface area contributed by atoms with Crippen molar-refractivity contribution in [3.63, 3.8) is 0 Å². The summed E-state index contributed by atoms with van der Waals surface area (Å²) in [4.78, 5) is 24.8. The molecule has 0 unspecified atom stereocenters. The smallest absolute Gasteiger partial charge is 0.350 e. The average Bonchev–Trinajstić information content (AvgIpc) is 3.12. The fourth-order valence-corrected chi connectivity index (χ4v) is 4.11. The minimum absolute atomic E-state index is 0.0660. The number of hydrogen-bond acceptors (Lipinski definition) is 8. The van der Waals surface area contributed by atoms with Gasteiger partial charge in [-0.3, -0.25) is 0 Å². The van der Waals surface area contributed by atoms with Crippen LogP contribution in [0, 0.1) is 0 Å². The van der Waals surface area contributed by atoms with E-state index < -0.39 is 26.7 Å². The lowest BCUT2D eigenvalue weighted by Gasteiger charge is -2.11. The summed E-state index contributed by atoms with van der Waals surface area (Å²) in [6.07, 6.45) is 3.49. The summed E-state index contributed by atoms with van der Waals surface area (Å²) in [5, 5.41) is 0. The number of anilines is 1. The quantitative estimate of drug-likeness (QED) is 0.340. The van der Waals surface area contributed by atoms with Gasteiger partial charge in [0.05, 0.1) is 10.6 Å². The van der Waals surface area contributed by atoms with Crippen molar-refractivity contribution in [2.75, 3.05) is 25.2 Å². The highest BCUT2D eigenvalue weighted by Crippen LogP contribution is 2.37. The van der Waals surface area contributed by atoms with E-state index in [0.29, 0.717) is 11.6 Å². The highest BCUT2D eigenvalue weighted by atomic mass is 32.2. The highest BCUT2D eigenvalue weighted by Gasteiger charge is 2.29. The molecule has 0 aromatic heterocycles. The Morgan fingerprint density at radius 3 is 2.38 bits per heavy atom. The van der Waals surface area contributed by atoms with Crippen LogP contribution in [-0.4, -0.2) is 40.6 Å². The van der Waals surface area contributed by atoms with Crippen LogP contribution in [0.5, 0.6) is 5.75 Å². The van der Waals surface area contributed by atoms with Crippen molar-refractivity contribution in [2.24, 2.45) is 0 Å². The van der Waals surface area contributed by atoms with Gasteiger partial charge in [0.15, 0.2) is 16.5 Å². The van der Waals surface area contributed by atoms with Gasteiger partial charge in [-0.2, -0.15) is 0 Å². The maximum absolute atomic E-state index is 13.1. The number of fused-ring (bicyclic) bond motifs is 1. The molecule has 0 saturated heterocycles. The lowest BCUT2D eigenvalue weighted by molar-refractivity contribution is -0.146. The number of benzene rings is 2. The Kier molecular flexibility index (Phi) is 7.11. The Morgan fingerprint density at radius 1 is 1.03 bits per heavy atom. The number of rotatable bonds is 8. The molecule has 0 radical (unpaired) electrons. The van der Waals surface area contributed by atoms with Gasteiger partial charge in [-0.25, -0.2) is 18.0 Å². The predicted molar refractivity (Wildman–Crippen MR) is 117 cm³/mol. The molecule has 32 heavy (non-hydrogen) atoms. The first-order valence-corrected chi connectivity index (χ1v) is 11.0. The van der Waals surface area contributed by atoms with Gasteiger partial charge in [-0.15, -0.1) is 0 Å². The molecule has 1 aliphatic rings. The minimum Gasteiger partial charge on any atom is -0.459 e. The van der Waals surface area contributed by atoms with Crippen LogP contribution in [0.4, 0.5) is 5.69 Å². The van der Waals surface area contributed by atoms with Crippen LogP contribution in [0.1, 0.15) is 0 Å². The number of ether oxygens (including phenoxy) is 3. The number of esters is 2. The molecule has 1 aliphatic heterocycles. The van der Waals surface area contributed by atoms with Crippen LogP contribution in [0.15, 0.2) is 95.1 Å². The van der Waals surface area contributed by atoms with Crippen molar-refractivity contribution in [3.8, 4) is 5.75 Å². The zero-order valence-corrected chi connectivity index (χ0v) is 18.1. The second-order valence-corrected chi connectivity index (χ2v) is 8.41. The van der Waals surface area contributed by atoms with Crippen LogP contribution in [-0.2, 0) is 28.9 Å². The molecule has 2 aromatic carbocycles. The van der Waals surface area contributed by atoms with E-state index in [1.165, 1.54) is 18.2 Å². The van der Waals surface area contributed by atoms with Crippen LogP contribution >= 0.6 is 0 Å². The molecule has 0 aliphatic carbocycles. The monoisotopic (exact) mass is 455 g/mol. The highest BCUT2D eigenvalue weighted by molar-refractivity contribution is 7.96. The number of carbonyl (C=O) groups excluding carboxylic acids is 2. The Morgan fingerprint density at radius 2 is 1.69 bits per heavy atom. The molecule has 3 rings (SSSR count). The Balaban J connectivity index is 1.88. The van der Waals surface area contributed by atoms with E-state index in [4.69, 9.17) is 14.2 Å². The number of carbonyl (C=O) groups is 2.